The molecule has 2 heterocycles. The summed E-state index contributed by atoms with van der Waals surface area (Å²) in [5.74, 6) is -0.964. The Morgan fingerprint density at radius 3 is 2.51 bits per heavy atom. The normalized spacial score (nSPS) is 18.2. The van der Waals surface area contributed by atoms with Crippen molar-refractivity contribution < 1.29 is 18.8 Å². The van der Waals surface area contributed by atoms with Crippen molar-refractivity contribution in [3.05, 3.63) is 75.9 Å². The quantitative estimate of drug-likeness (QED) is 0.548. The number of halogens is 1. The molecule has 0 bridgehead atoms. The first-order valence-corrected chi connectivity index (χ1v) is 12.4. The number of thioether (sulfide) groups is 1. The van der Waals surface area contributed by atoms with Gasteiger partial charge in [0.1, 0.15) is 5.82 Å². The van der Waals surface area contributed by atoms with Crippen LogP contribution < -0.4 is 0 Å². The highest BCUT2D eigenvalue weighted by molar-refractivity contribution is 8.18. The lowest BCUT2D eigenvalue weighted by Gasteiger charge is -2.35. The van der Waals surface area contributed by atoms with Crippen LogP contribution in [0, 0.1) is 5.82 Å². The van der Waals surface area contributed by atoms with Crippen LogP contribution in [0.15, 0.2) is 53.4 Å². The molecule has 0 aliphatic carbocycles. The molecule has 2 aliphatic heterocycles. The molecule has 0 saturated carbocycles. The van der Waals surface area contributed by atoms with Gasteiger partial charge in [0.15, 0.2) is 0 Å². The van der Waals surface area contributed by atoms with Crippen LogP contribution in [0.1, 0.15) is 21.5 Å². The molecule has 4 rings (SSSR count). The Kier molecular flexibility index (Phi) is 8.00. The summed E-state index contributed by atoms with van der Waals surface area (Å²) < 4.78 is 14.0. The number of hydrogen-bond acceptors (Lipinski definition) is 6. The van der Waals surface area contributed by atoms with Gasteiger partial charge in [0.05, 0.1) is 11.4 Å². The number of imide groups is 1. The average Bonchev–Trinajstić information content (AvgIpc) is 3.11. The maximum absolute atomic E-state index is 14.0. The van der Waals surface area contributed by atoms with Gasteiger partial charge in [-0.1, -0.05) is 30.3 Å². The fourth-order valence-corrected chi connectivity index (χ4v) is 4.88. The van der Waals surface area contributed by atoms with E-state index in [0.717, 1.165) is 42.8 Å². The largest absolute Gasteiger partial charge is 0.336 e. The van der Waals surface area contributed by atoms with Crippen molar-refractivity contribution in [3.63, 3.8) is 0 Å². The summed E-state index contributed by atoms with van der Waals surface area (Å²) in [6, 6.07) is 13.2. The third-order valence-corrected chi connectivity index (χ3v) is 7.02. The second kappa shape index (κ2) is 11.2. The van der Waals surface area contributed by atoms with E-state index >= 15 is 0 Å². The smallest absolute Gasteiger partial charge is 0.293 e. The van der Waals surface area contributed by atoms with Gasteiger partial charge >= 0.3 is 0 Å². The van der Waals surface area contributed by atoms with Gasteiger partial charge in [-0.05, 0) is 55.7 Å². The van der Waals surface area contributed by atoms with Crippen LogP contribution in [0.4, 0.5) is 9.18 Å². The van der Waals surface area contributed by atoms with Crippen LogP contribution in [-0.2, 0) is 11.3 Å². The predicted molar refractivity (Wildman–Crippen MR) is 135 cm³/mol. The Bertz CT molecular complexity index is 1140. The Morgan fingerprint density at radius 1 is 1.06 bits per heavy atom. The zero-order valence-electron chi connectivity index (χ0n) is 19.9. The molecular weight excluding hydrogens is 467 g/mol. The highest BCUT2D eigenvalue weighted by Crippen LogP contribution is 2.33. The molecule has 0 spiro atoms. The topological polar surface area (TPSA) is 64.2 Å². The van der Waals surface area contributed by atoms with Crippen LogP contribution in [0.3, 0.4) is 0 Å². The third-order valence-electron chi connectivity index (χ3n) is 6.11. The van der Waals surface area contributed by atoms with E-state index in [-0.39, 0.29) is 22.9 Å². The van der Waals surface area contributed by atoms with Gasteiger partial charge in [0, 0.05) is 50.4 Å². The molecule has 2 aromatic carbocycles. The number of rotatable bonds is 7. The molecule has 0 aromatic heterocycles. The molecule has 2 aromatic rings. The SMILES string of the molecule is CN(C)CCN1CCN(C(=O)c2cccc(C=C3SC(=O)N(Cc4ccccc4F)C3=O)c2)CC1. The summed E-state index contributed by atoms with van der Waals surface area (Å²) in [6.07, 6.45) is 1.61. The highest BCUT2D eigenvalue weighted by Gasteiger charge is 2.35. The van der Waals surface area contributed by atoms with E-state index in [1.807, 2.05) is 4.90 Å². The third kappa shape index (κ3) is 6.17. The number of carbonyl (C=O) groups excluding carboxylic acids is 3. The fourth-order valence-electron chi connectivity index (χ4n) is 4.04. The maximum Gasteiger partial charge on any atom is 0.293 e. The van der Waals surface area contributed by atoms with Gasteiger partial charge in [0.2, 0.25) is 0 Å². The molecule has 2 aliphatic rings. The minimum Gasteiger partial charge on any atom is -0.336 e. The van der Waals surface area contributed by atoms with Gasteiger partial charge in [-0.25, -0.2) is 4.39 Å². The predicted octanol–water partition coefficient (Wildman–Crippen LogP) is 3.38. The monoisotopic (exact) mass is 496 g/mol. The molecule has 2 saturated heterocycles. The van der Waals surface area contributed by atoms with Crippen molar-refractivity contribution in [3.8, 4) is 0 Å². The van der Waals surface area contributed by atoms with E-state index in [1.54, 1.807) is 48.5 Å². The number of likely N-dealkylation sites (N-methyl/N-ethyl adjacent to an activating group) is 1. The average molecular weight is 497 g/mol. The van der Waals surface area contributed by atoms with Crippen molar-refractivity contribution in [2.45, 2.75) is 6.54 Å². The summed E-state index contributed by atoms with van der Waals surface area (Å²) in [7, 11) is 4.10. The van der Waals surface area contributed by atoms with E-state index in [9.17, 15) is 18.8 Å². The van der Waals surface area contributed by atoms with Crippen LogP contribution in [0.25, 0.3) is 6.08 Å². The number of nitrogens with zero attached hydrogens (tertiary/aromatic N) is 4. The Labute approximate surface area is 209 Å². The lowest BCUT2D eigenvalue weighted by molar-refractivity contribution is -0.123. The lowest BCUT2D eigenvalue weighted by atomic mass is 10.1. The van der Waals surface area contributed by atoms with Gasteiger partial charge in [-0.2, -0.15) is 0 Å². The minimum atomic E-state index is -0.464. The maximum atomic E-state index is 14.0. The van der Waals surface area contributed by atoms with E-state index < -0.39 is 17.0 Å². The van der Waals surface area contributed by atoms with E-state index in [4.69, 9.17) is 0 Å². The summed E-state index contributed by atoms with van der Waals surface area (Å²) in [6.45, 7) is 4.88. The van der Waals surface area contributed by atoms with Crippen molar-refractivity contribution in [2.75, 3.05) is 53.4 Å². The van der Waals surface area contributed by atoms with Gasteiger partial charge in [-0.15, -0.1) is 0 Å². The number of amides is 3. The molecule has 35 heavy (non-hydrogen) atoms. The first-order chi connectivity index (χ1) is 16.8. The molecule has 3 amide bonds. The van der Waals surface area contributed by atoms with Crippen LogP contribution >= 0.6 is 11.8 Å². The zero-order chi connectivity index (χ0) is 24.9. The van der Waals surface area contributed by atoms with Gasteiger partial charge < -0.3 is 9.80 Å². The van der Waals surface area contributed by atoms with Gasteiger partial charge in [-0.3, -0.25) is 24.2 Å². The number of hydrogen-bond donors (Lipinski definition) is 0. The van der Waals surface area contributed by atoms with Crippen LogP contribution in [-0.4, -0.2) is 90.0 Å². The molecule has 9 heteroatoms. The number of benzene rings is 2. The van der Waals surface area contributed by atoms with Crippen molar-refractivity contribution in [1.82, 2.24) is 19.6 Å². The molecule has 0 unspecified atom stereocenters. The summed E-state index contributed by atoms with van der Waals surface area (Å²) in [5.41, 5.74) is 1.49. The molecule has 7 nitrogen and oxygen atoms in total. The molecule has 184 valence electrons. The second-order valence-corrected chi connectivity index (χ2v) is 9.92. The van der Waals surface area contributed by atoms with Crippen molar-refractivity contribution >= 4 is 34.9 Å². The fraction of sp³-hybridized carbons (Fsp3) is 0.346. The molecular formula is C26H29FN4O3S. The summed E-state index contributed by atoms with van der Waals surface area (Å²) in [4.78, 5) is 46.0. The molecule has 2 fully saturated rings. The molecule has 0 N–H and O–H groups in total. The zero-order valence-corrected chi connectivity index (χ0v) is 20.8. The Balaban J connectivity index is 1.41. The van der Waals surface area contributed by atoms with E-state index in [2.05, 4.69) is 23.9 Å². The second-order valence-electron chi connectivity index (χ2n) is 8.92. The molecule has 0 radical (unpaired) electrons. The number of carbonyl (C=O) groups is 3. The Morgan fingerprint density at radius 2 is 1.80 bits per heavy atom. The van der Waals surface area contributed by atoms with Gasteiger partial charge in [0.25, 0.3) is 17.1 Å². The summed E-state index contributed by atoms with van der Waals surface area (Å²) >= 11 is 0.823. The lowest BCUT2D eigenvalue weighted by Crippen LogP contribution is -2.49. The van der Waals surface area contributed by atoms with E-state index in [1.165, 1.54) is 6.07 Å². The minimum absolute atomic E-state index is 0.0415. The van der Waals surface area contributed by atoms with Crippen molar-refractivity contribution in [2.24, 2.45) is 0 Å². The molecule has 0 atom stereocenters. The van der Waals surface area contributed by atoms with Crippen LogP contribution in [0.5, 0.6) is 0 Å². The highest BCUT2D eigenvalue weighted by atomic mass is 32.2. The van der Waals surface area contributed by atoms with E-state index in [0.29, 0.717) is 24.2 Å². The summed E-state index contributed by atoms with van der Waals surface area (Å²) in [5, 5.41) is -0.441. The van der Waals surface area contributed by atoms with Crippen LogP contribution in [0.2, 0.25) is 0 Å². The number of piperazine rings is 1. The standard InChI is InChI=1S/C26H29FN4O3S/c1-28(2)10-11-29-12-14-30(15-13-29)24(32)20-8-5-6-19(16-20)17-23-25(33)31(26(34)35-23)18-21-7-3-4-9-22(21)27/h3-9,16-17H,10-15,18H2,1-2H3. The van der Waals surface area contributed by atoms with Crippen molar-refractivity contribution in [1.29, 1.82) is 0 Å². The Hall–Kier alpha value is -3.01. The first kappa shape index (κ1) is 25.1. The first-order valence-electron chi connectivity index (χ1n) is 11.6.